The zero-order valence-corrected chi connectivity index (χ0v) is 14.3. The Labute approximate surface area is 153 Å². The quantitative estimate of drug-likeness (QED) is 0.366. The zero-order chi connectivity index (χ0) is 23.0. The Morgan fingerprint density at radius 1 is 0.786 bits per heavy atom. The highest BCUT2D eigenvalue weighted by Gasteiger charge is 2.90. The van der Waals surface area contributed by atoms with Crippen LogP contribution in [0.3, 0.4) is 0 Å². The Kier molecular flexibility index (Phi) is 7.66. The minimum Gasteiger partial charge on any atom is -0.369 e. The maximum Gasteiger partial charge on any atom is 0.460 e. The Morgan fingerprint density at radius 3 is 1.54 bits per heavy atom. The molecule has 0 bridgehead atoms. The fourth-order valence-electron chi connectivity index (χ4n) is 1.50. The fourth-order valence-corrected chi connectivity index (χ4v) is 2.59. The summed E-state index contributed by atoms with van der Waals surface area (Å²) < 4.78 is 167. The first-order valence-electron chi connectivity index (χ1n) is 6.90. The number of halogens is 13. The second kappa shape index (κ2) is 7.97. The molecule has 2 N–H and O–H groups in total. The summed E-state index contributed by atoms with van der Waals surface area (Å²) in [6.45, 7) is 1.18. The first kappa shape index (κ1) is 26.9. The van der Waals surface area contributed by atoms with Gasteiger partial charge in [0.15, 0.2) is 0 Å². The second-order valence-electron chi connectivity index (χ2n) is 5.63. The standard InChI is InChI=1S/C12H12F13NOS/c1-5(6(26)27)4-28-3-2-7(13,14)8(15,16)9(17,18)10(19,20)11(21,22)12(23,24)25/h5H,2-4H2,1H3,(H2,26,27). The van der Waals surface area contributed by atoms with Crippen LogP contribution in [0.15, 0.2) is 0 Å². The van der Waals surface area contributed by atoms with Crippen LogP contribution in [0.1, 0.15) is 13.3 Å². The molecule has 0 aromatic carbocycles. The summed E-state index contributed by atoms with van der Waals surface area (Å²) in [4.78, 5) is 10.7. The molecule has 1 unspecified atom stereocenters. The molecule has 0 radical (unpaired) electrons. The minimum atomic E-state index is -7.89. The molecule has 1 amide bonds. The first-order valence-corrected chi connectivity index (χ1v) is 8.06. The summed E-state index contributed by atoms with van der Waals surface area (Å²) >= 11 is 0.286. The van der Waals surface area contributed by atoms with Crippen molar-refractivity contribution in [2.24, 2.45) is 11.7 Å². The van der Waals surface area contributed by atoms with E-state index in [1.165, 1.54) is 6.92 Å². The van der Waals surface area contributed by atoms with E-state index < -0.39 is 59.8 Å². The molecule has 2 nitrogen and oxygen atoms in total. The van der Waals surface area contributed by atoms with Crippen LogP contribution in [-0.2, 0) is 4.79 Å². The van der Waals surface area contributed by atoms with Gasteiger partial charge in [-0.25, -0.2) is 0 Å². The van der Waals surface area contributed by atoms with Gasteiger partial charge < -0.3 is 5.73 Å². The summed E-state index contributed by atoms with van der Waals surface area (Å²) in [5.41, 5.74) is 4.79. The number of primary amides is 1. The lowest BCUT2D eigenvalue weighted by atomic mass is 9.93. The molecule has 0 aliphatic rings. The van der Waals surface area contributed by atoms with Gasteiger partial charge in [-0.15, -0.1) is 0 Å². The molecular weight excluding hydrogens is 453 g/mol. The monoisotopic (exact) mass is 465 g/mol. The zero-order valence-electron chi connectivity index (χ0n) is 13.5. The number of carbonyl (C=O) groups is 1. The Bertz CT molecular complexity index is 560. The number of alkyl halides is 13. The van der Waals surface area contributed by atoms with Crippen molar-refractivity contribution in [3.63, 3.8) is 0 Å². The van der Waals surface area contributed by atoms with E-state index in [0.29, 0.717) is 0 Å². The summed E-state index contributed by atoms with van der Waals surface area (Å²) in [6, 6.07) is 0. The van der Waals surface area contributed by atoms with E-state index in [1.54, 1.807) is 0 Å². The fraction of sp³-hybridized carbons (Fsp3) is 0.917. The number of thioether (sulfide) groups is 1. The van der Waals surface area contributed by atoms with Crippen molar-refractivity contribution >= 4 is 17.7 Å². The van der Waals surface area contributed by atoms with E-state index in [1.807, 2.05) is 0 Å². The van der Waals surface area contributed by atoms with Gasteiger partial charge in [0.1, 0.15) is 0 Å². The molecule has 0 aliphatic carbocycles. The summed E-state index contributed by atoms with van der Waals surface area (Å²) in [5.74, 6) is -40.2. The third-order valence-corrected chi connectivity index (χ3v) is 4.64. The highest BCUT2D eigenvalue weighted by atomic mass is 32.2. The molecule has 0 aromatic heterocycles. The normalized spacial score (nSPS) is 16.2. The van der Waals surface area contributed by atoms with Crippen molar-refractivity contribution in [1.82, 2.24) is 0 Å². The van der Waals surface area contributed by atoms with Crippen molar-refractivity contribution in [1.29, 1.82) is 0 Å². The van der Waals surface area contributed by atoms with Crippen molar-refractivity contribution in [3.05, 3.63) is 0 Å². The third kappa shape index (κ3) is 4.56. The predicted molar refractivity (Wildman–Crippen MR) is 71.1 cm³/mol. The lowest BCUT2D eigenvalue weighted by Gasteiger charge is -2.39. The lowest BCUT2D eigenvalue weighted by molar-refractivity contribution is -0.439. The Balaban J connectivity index is 5.59. The van der Waals surface area contributed by atoms with Crippen LogP contribution >= 0.6 is 11.8 Å². The van der Waals surface area contributed by atoms with Crippen LogP contribution < -0.4 is 5.73 Å². The molecule has 0 aliphatic heterocycles. The van der Waals surface area contributed by atoms with Gasteiger partial charge in [0.25, 0.3) is 0 Å². The lowest BCUT2D eigenvalue weighted by Crippen LogP contribution is -2.70. The maximum atomic E-state index is 13.4. The van der Waals surface area contributed by atoms with Gasteiger partial charge in [-0.2, -0.15) is 68.8 Å². The number of nitrogens with two attached hydrogens (primary N) is 1. The van der Waals surface area contributed by atoms with E-state index in [-0.39, 0.29) is 17.5 Å². The molecule has 168 valence electrons. The molecule has 0 fully saturated rings. The SMILES string of the molecule is CC(CSCCC(F)(F)C(F)(F)C(F)(F)C(F)(F)C(F)(F)C(F)(F)F)C(N)=O. The van der Waals surface area contributed by atoms with Crippen molar-refractivity contribution in [2.45, 2.75) is 49.1 Å². The third-order valence-electron chi connectivity index (χ3n) is 3.41. The van der Waals surface area contributed by atoms with Crippen LogP contribution in [0, 0.1) is 5.92 Å². The summed E-state index contributed by atoms with van der Waals surface area (Å²) in [6.07, 6.45) is -9.72. The Hall–Kier alpha value is -1.09. The van der Waals surface area contributed by atoms with Gasteiger partial charge >= 0.3 is 35.8 Å². The van der Waals surface area contributed by atoms with Crippen molar-refractivity contribution < 1.29 is 61.9 Å². The molecule has 0 aromatic rings. The molecule has 0 rings (SSSR count). The van der Waals surface area contributed by atoms with Crippen LogP contribution in [-0.4, -0.2) is 53.2 Å². The molecule has 0 spiro atoms. The smallest absolute Gasteiger partial charge is 0.369 e. The summed E-state index contributed by atoms with van der Waals surface area (Å²) in [5, 5.41) is 0. The van der Waals surface area contributed by atoms with E-state index >= 15 is 0 Å². The Morgan fingerprint density at radius 2 is 1.18 bits per heavy atom. The van der Waals surface area contributed by atoms with Gasteiger partial charge in [0.2, 0.25) is 5.91 Å². The largest absolute Gasteiger partial charge is 0.460 e. The average molecular weight is 465 g/mol. The van der Waals surface area contributed by atoms with Crippen LogP contribution in [0.2, 0.25) is 0 Å². The number of rotatable bonds is 10. The molecule has 0 heterocycles. The first-order chi connectivity index (χ1) is 12.1. The van der Waals surface area contributed by atoms with E-state index in [2.05, 4.69) is 0 Å². The minimum absolute atomic E-state index is 0.286. The van der Waals surface area contributed by atoms with Gasteiger partial charge in [0.05, 0.1) is 0 Å². The number of hydrogen-bond acceptors (Lipinski definition) is 2. The second-order valence-corrected chi connectivity index (χ2v) is 6.78. The highest BCUT2D eigenvalue weighted by Crippen LogP contribution is 2.60. The molecule has 1 atom stereocenters. The summed E-state index contributed by atoms with van der Waals surface area (Å²) in [7, 11) is 0. The predicted octanol–water partition coefficient (Wildman–Crippen LogP) is 4.97. The van der Waals surface area contributed by atoms with Gasteiger partial charge in [-0.1, -0.05) is 6.92 Å². The topological polar surface area (TPSA) is 43.1 Å². The maximum absolute atomic E-state index is 13.4. The van der Waals surface area contributed by atoms with Crippen LogP contribution in [0.4, 0.5) is 57.1 Å². The van der Waals surface area contributed by atoms with Gasteiger partial charge in [0, 0.05) is 18.1 Å². The van der Waals surface area contributed by atoms with Crippen LogP contribution in [0.5, 0.6) is 0 Å². The molecule has 0 saturated heterocycles. The average Bonchev–Trinajstić information content (AvgIpc) is 2.49. The van der Waals surface area contributed by atoms with Gasteiger partial charge in [-0.05, 0) is 5.75 Å². The number of hydrogen-bond donors (Lipinski definition) is 1. The molecular formula is C12H12F13NOS. The van der Waals surface area contributed by atoms with E-state index in [4.69, 9.17) is 5.73 Å². The van der Waals surface area contributed by atoms with E-state index in [9.17, 15) is 61.9 Å². The van der Waals surface area contributed by atoms with Crippen LogP contribution in [0.25, 0.3) is 0 Å². The molecule has 28 heavy (non-hydrogen) atoms. The van der Waals surface area contributed by atoms with E-state index in [0.717, 1.165) is 0 Å². The number of amides is 1. The molecule has 0 saturated carbocycles. The molecule has 16 heteroatoms. The van der Waals surface area contributed by atoms with Crippen molar-refractivity contribution in [3.8, 4) is 0 Å². The van der Waals surface area contributed by atoms with Crippen molar-refractivity contribution in [2.75, 3.05) is 11.5 Å². The highest BCUT2D eigenvalue weighted by molar-refractivity contribution is 7.99. The number of carbonyl (C=O) groups excluding carboxylic acids is 1. The van der Waals surface area contributed by atoms with Gasteiger partial charge in [-0.3, -0.25) is 4.79 Å².